The second-order valence-corrected chi connectivity index (χ2v) is 12.1. The van der Waals surface area contributed by atoms with Crippen LogP contribution in [0.1, 0.15) is 36.3 Å². The summed E-state index contributed by atoms with van der Waals surface area (Å²) in [7, 11) is 1.15. The van der Waals surface area contributed by atoms with Gasteiger partial charge in [0, 0.05) is 36.9 Å². The predicted molar refractivity (Wildman–Crippen MR) is 167 cm³/mol. The lowest BCUT2D eigenvalue weighted by Gasteiger charge is -2.36. The first kappa shape index (κ1) is 38.1. The molecule has 0 spiro atoms. The monoisotopic (exact) mass is 720 g/mol. The Morgan fingerprint density at radius 3 is 2.49 bits per heavy atom. The van der Waals surface area contributed by atoms with Crippen LogP contribution in [-0.4, -0.2) is 89.1 Å². The molecule has 4 atom stereocenters. The number of carbonyl (C=O) groups excluding carboxylic acids is 3. The minimum atomic E-state index is -4.56. The molecule has 3 amide bonds. The number of alkyl carbamates (subject to hydrolysis) is 2. The number of halogens is 6. The third-order valence-corrected chi connectivity index (χ3v) is 8.62. The van der Waals surface area contributed by atoms with Crippen molar-refractivity contribution < 1.29 is 55.3 Å². The SMILES string of the molecule is COC(=O)N[C@H](C(=O)Nc1cccc(F)c1CC[C@@H]1CN[C@H](COC(=O)NCC(F)(F)F)CO1)[C@@H](c1ccc(Cl)c(F)c1)C1CCOCC1. The molecule has 11 nitrogen and oxygen atoms in total. The molecule has 49 heavy (non-hydrogen) atoms. The second-order valence-electron chi connectivity index (χ2n) is 11.7. The fourth-order valence-corrected chi connectivity index (χ4v) is 5.96. The molecule has 2 aromatic carbocycles. The van der Waals surface area contributed by atoms with Crippen LogP contribution in [0.2, 0.25) is 5.02 Å². The van der Waals surface area contributed by atoms with Gasteiger partial charge in [-0.2, -0.15) is 13.2 Å². The molecule has 0 unspecified atom stereocenters. The summed E-state index contributed by atoms with van der Waals surface area (Å²) >= 11 is 5.94. The highest BCUT2D eigenvalue weighted by molar-refractivity contribution is 6.30. The second kappa shape index (κ2) is 17.8. The first-order valence-corrected chi connectivity index (χ1v) is 16.0. The van der Waals surface area contributed by atoms with Crippen LogP contribution in [0, 0.1) is 17.6 Å². The van der Waals surface area contributed by atoms with Crippen molar-refractivity contribution in [1.82, 2.24) is 16.0 Å². The molecule has 2 saturated heterocycles. The van der Waals surface area contributed by atoms with Crippen LogP contribution in [0.15, 0.2) is 36.4 Å². The average molecular weight is 721 g/mol. The molecule has 2 aromatic rings. The van der Waals surface area contributed by atoms with Gasteiger partial charge in [-0.1, -0.05) is 23.7 Å². The number of benzene rings is 2. The van der Waals surface area contributed by atoms with Gasteiger partial charge >= 0.3 is 18.4 Å². The van der Waals surface area contributed by atoms with Gasteiger partial charge in [0.15, 0.2) is 0 Å². The van der Waals surface area contributed by atoms with E-state index in [1.54, 1.807) is 11.4 Å². The van der Waals surface area contributed by atoms with E-state index in [0.29, 0.717) is 38.0 Å². The molecular formula is C32H38ClF5N4O7. The number of anilines is 1. The maximum atomic E-state index is 15.2. The zero-order valence-corrected chi connectivity index (χ0v) is 27.3. The van der Waals surface area contributed by atoms with E-state index in [4.69, 9.17) is 30.5 Å². The summed E-state index contributed by atoms with van der Waals surface area (Å²) in [5.41, 5.74) is 0.773. The summed E-state index contributed by atoms with van der Waals surface area (Å²) < 4.78 is 87.6. The molecular weight excluding hydrogens is 683 g/mol. The molecule has 0 bridgehead atoms. The van der Waals surface area contributed by atoms with Crippen LogP contribution in [0.25, 0.3) is 0 Å². The van der Waals surface area contributed by atoms with Crippen molar-refractivity contribution in [3.05, 3.63) is 64.2 Å². The highest BCUT2D eigenvalue weighted by Crippen LogP contribution is 2.37. The number of rotatable bonds is 12. The highest BCUT2D eigenvalue weighted by atomic mass is 35.5. The van der Waals surface area contributed by atoms with Crippen LogP contribution in [-0.2, 0) is 30.2 Å². The lowest BCUT2D eigenvalue weighted by atomic mass is 9.76. The van der Waals surface area contributed by atoms with E-state index in [-0.39, 0.29) is 48.4 Å². The largest absolute Gasteiger partial charge is 0.453 e. The van der Waals surface area contributed by atoms with Crippen LogP contribution >= 0.6 is 11.6 Å². The maximum absolute atomic E-state index is 15.2. The zero-order chi connectivity index (χ0) is 35.6. The molecule has 0 radical (unpaired) electrons. The lowest BCUT2D eigenvalue weighted by molar-refractivity contribution is -0.124. The Kier molecular flexibility index (Phi) is 13.8. The van der Waals surface area contributed by atoms with E-state index in [1.807, 2.05) is 0 Å². The Morgan fingerprint density at radius 1 is 1.08 bits per heavy atom. The summed E-state index contributed by atoms with van der Waals surface area (Å²) in [6.07, 6.45) is -5.55. The first-order valence-electron chi connectivity index (χ1n) is 15.6. The molecule has 2 aliphatic rings. The van der Waals surface area contributed by atoms with E-state index in [9.17, 15) is 31.9 Å². The minimum absolute atomic E-state index is 0.0812. The smallest absolute Gasteiger partial charge is 0.407 e. The summed E-state index contributed by atoms with van der Waals surface area (Å²) in [6.45, 7) is -0.565. The van der Waals surface area contributed by atoms with Crippen molar-refractivity contribution >= 4 is 35.4 Å². The van der Waals surface area contributed by atoms with Gasteiger partial charge in [-0.25, -0.2) is 18.4 Å². The van der Waals surface area contributed by atoms with Gasteiger partial charge in [0.1, 0.15) is 30.8 Å². The van der Waals surface area contributed by atoms with Crippen LogP contribution < -0.4 is 21.3 Å². The molecule has 2 aliphatic heterocycles. The summed E-state index contributed by atoms with van der Waals surface area (Å²) in [4.78, 5) is 38.0. The van der Waals surface area contributed by atoms with Crippen molar-refractivity contribution in [2.75, 3.05) is 51.9 Å². The Morgan fingerprint density at radius 2 is 1.84 bits per heavy atom. The molecule has 2 fully saturated rings. The van der Waals surface area contributed by atoms with Gasteiger partial charge in [0.2, 0.25) is 5.91 Å². The molecule has 0 aromatic heterocycles. The summed E-state index contributed by atoms with van der Waals surface area (Å²) in [6, 6.07) is 6.67. The van der Waals surface area contributed by atoms with Crippen molar-refractivity contribution in [2.45, 2.75) is 56.0 Å². The molecule has 4 N–H and O–H groups in total. The third-order valence-electron chi connectivity index (χ3n) is 8.31. The predicted octanol–water partition coefficient (Wildman–Crippen LogP) is 5.07. The third kappa shape index (κ3) is 11.4. The van der Waals surface area contributed by atoms with Gasteiger partial charge in [-0.15, -0.1) is 0 Å². The van der Waals surface area contributed by atoms with Crippen molar-refractivity contribution in [3.8, 4) is 0 Å². The Hall–Kier alpha value is -3.73. The van der Waals surface area contributed by atoms with Gasteiger partial charge in [0.25, 0.3) is 0 Å². The number of carbonyl (C=O) groups is 3. The van der Waals surface area contributed by atoms with Gasteiger partial charge in [-0.3, -0.25) is 4.79 Å². The fourth-order valence-electron chi connectivity index (χ4n) is 5.84. The molecule has 270 valence electrons. The Bertz CT molecular complexity index is 1440. The van der Waals surface area contributed by atoms with Crippen molar-refractivity contribution in [3.63, 3.8) is 0 Å². The molecule has 4 rings (SSSR count). The molecule has 2 heterocycles. The summed E-state index contributed by atoms with van der Waals surface area (Å²) in [5.74, 6) is -2.88. The number of amides is 3. The number of methoxy groups -OCH3 is 1. The van der Waals surface area contributed by atoms with E-state index in [1.165, 1.54) is 30.3 Å². The van der Waals surface area contributed by atoms with Crippen molar-refractivity contribution in [1.29, 1.82) is 0 Å². The maximum Gasteiger partial charge on any atom is 0.407 e. The van der Waals surface area contributed by atoms with Gasteiger partial charge in [0.05, 0.1) is 30.9 Å². The molecule has 17 heteroatoms. The highest BCUT2D eigenvalue weighted by Gasteiger charge is 2.38. The number of hydrogen-bond acceptors (Lipinski definition) is 8. The van der Waals surface area contributed by atoms with E-state index in [2.05, 4.69) is 16.0 Å². The van der Waals surface area contributed by atoms with Crippen LogP contribution in [0.3, 0.4) is 0 Å². The average Bonchev–Trinajstić information content (AvgIpc) is 3.08. The number of morpholine rings is 1. The first-order chi connectivity index (χ1) is 23.3. The fraction of sp³-hybridized carbons (Fsp3) is 0.531. The minimum Gasteiger partial charge on any atom is -0.453 e. The quantitative estimate of drug-likeness (QED) is 0.223. The van der Waals surface area contributed by atoms with Gasteiger partial charge < -0.3 is 40.2 Å². The molecule has 0 aliphatic carbocycles. The summed E-state index contributed by atoms with van der Waals surface area (Å²) in [5, 5.41) is 9.95. The number of alkyl halides is 3. The standard InChI is InChI=1S/C32H38ClF5N4O7/c1-46-31(45)42-28(27(18-9-11-47-12-10-18)19-5-8-23(33)25(35)13-19)29(43)41-26-4-2-3-24(34)22(26)7-6-21-14-39-20(15-48-21)16-49-30(44)40-17-32(36,37)38/h2-5,8,13,18,20-21,27-28,39H,6-7,9-12,14-17H2,1H3,(H,40,44)(H,41,43)(H,42,45)/t20-,21+,27+,28-/m0/s1. The Labute approximate surface area is 284 Å². The normalized spacial score (nSPS) is 19.7. The topological polar surface area (TPSA) is 136 Å². The van der Waals surface area contributed by atoms with E-state index >= 15 is 4.39 Å². The van der Waals surface area contributed by atoms with Crippen molar-refractivity contribution in [2.24, 2.45) is 5.92 Å². The lowest BCUT2D eigenvalue weighted by Crippen LogP contribution is -2.50. The molecule has 0 saturated carbocycles. The van der Waals surface area contributed by atoms with E-state index < -0.39 is 66.6 Å². The zero-order valence-electron chi connectivity index (χ0n) is 26.5. The number of nitrogens with one attached hydrogen (secondary N) is 4. The number of hydrogen-bond donors (Lipinski definition) is 4. The van der Waals surface area contributed by atoms with E-state index in [0.717, 1.165) is 7.11 Å². The van der Waals surface area contributed by atoms with Crippen LogP contribution in [0.4, 0.5) is 37.2 Å². The number of ether oxygens (including phenoxy) is 4. The Balaban J connectivity index is 1.43. The van der Waals surface area contributed by atoms with Gasteiger partial charge in [-0.05, 0) is 61.4 Å². The van der Waals surface area contributed by atoms with Crippen LogP contribution in [0.5, 0.6) is 0 Å².